The number of rotatable bonds is 6. The molecule has 0 aliphatic heterocycles. The van der Waals surface area contributed by atoms with Gasteiger partial charge in [-0.2, -0.15) is 10.2 Å². The summed E-state index contributed by atoms with van der Waals surface area (Å²) in [5.74, 6) is -0.314. The number of hydrogen-bond donors (Lipinski definition) is 2. The fourth-order valence-corrected chi connectivity index (χ4v) is 3.19. The molecule has 0 radical (unpaired) electrons. The molecule has 0 saturated carbocycles. The van der Waals surface area contributed by atoms with E-state index in [-0.39, 0.29) is 5.91 Å². The summed E-state index contributed by atoms with van der Waals surface area (Å²) in [6, 6.07) is 24.1. The van der Waals surface area contributed by atoms with Gasteiger partial charge in [-0.1, -0.05) is 54.1 Å². The predicted octanol–water partition coefficient (Wildman–Crippen LogP) is 4.60. The highest BCUT2D eigenvalue weighted by Gasteiger charge is 2.11. The third kappa shape index (κ3) is 5.18. The van der Waals surface area contributed by atoms with Gasteiger partial charge < -0.3 is 5.73 Å². The van der Waals surface area contributed by atoms with Crippen LogP contribution in [-0.2, 0) is 6.54 Å². The van der Waals surface area contributed by atoms with Crippen LogP contribution in [0.1, 0.15) is 21.5 Å². The molecular weight excluding hydrogens is 410 g/mol. The van der Waals surface area contributed by atoms with Crippen LogP contribution in [0, 0.1) is 0 Å². The topological polar surface area (TPSA) is 85.3 Å². The van der Waals surface area contributed by atoms with E-state index in [0.717, 1.165) is 22.4 Å². The van der Waals surface area contributed by atoms with E-state index >= 15 is 0 Å². The largest absolute Gasteiger partial charge is 0.399 e. The van der Waals surface area contributed by atoms with Crippen molar-refractivity contribution in [3.63, 3.8) is 0 Å². The van der Waals surface area contributed by atoms with Gasteiger partial charge in [-0.25, -0.2) is 5.43 Å². The minimum Gasteiger partial charge on any atom is -0.399 e. The number of aromatic nitrogens is 2. The van der Waals surface area contributed by atoms with Gasteiger partial charge in [0.1, 0.15) is 5.69 Å². The molecule has 0 unspecified atom stereocenters. The van der Waals surface area contributed by atoms with Crippen LogP contribution < -0.4 is 11.2 Å². The Balaban J connectivity index is 1.56. The average Bonchev–Trinajstić information content (AvgIpc) is 3.19. The zero-order valence-electron chi connectivity index (χ0n) is 16.6. The smallest absolute Gasteiger partial charge is 0.271 e. The van der Waals surface area contributed by atoms with Crippen LogP contribution in [0.2, 0.25) is 5.02 Å². The number of nitrogens with zero attached hydrogens (tertiary/aromatic N) is 3. The van der Waals surface area contributed by atoms with Crippen molar-refractivity contribution >= 4 is 29.4 Å². The molecule has 0 fully saturated rings. The second-order valence-corrected chi connectivity index (χ2v) is 7.38. The highest BCUT2D eigenvalue weighted by Crippen LogP contribution is 2.21. The first-order valence-electron chi connectivity index (χ1n) is 9.65. The maximum absolute atomic E-state index is 12.3. The van der Waals surface area contributed by atoms with E-state index in [1.807, 2.05) is 65.5 Å². The van der Waals surface area contributed by atoms with E-state index in [9.17, 15) is 4.79 Å². The molecule has 1 heterocycles. The van der Waals surface area contributed by atoms with Gasteiger partial charge in [0, 0.05) is 33.6 Å². The van der Waals surface area contributed by atoms with Gasteiger partial charge in [0.15, 0.2) is 0 Å². The van der Waals surface area contributed by atoms with E-state index in [1.54, 1.807) is 30.5 Å². The summed E-state index contributed by atoms with van der Waals surface area (Å²) in [7, 11) is 0. The van der Waals surface area contributed by atoms with Crippen molar-refractivity contribution in [2.75, 3.05) is 5.73 Å². The molecular formula is C24H20ClN5O. The number of benzene rings is 3. The van der Waals surface area contributed by atoms with Crippen LogP contribution in [0.4, 0.5) is 5.69 Å². The number of nitrogens with one attached hydrogen (secondary N) is 1. The molecule has 3 aromatic carbocycles. The van der Waals surface area contributed by atoms with Crippen LogP contribution in [0.25, 0.3) is 11.3 Å². The second kappa shape index (κ2) is 9.28. The summed E-state index contributed by atoms with van der Waals surface area (Å²) in [6.07, 6.45) is 3.50. The van der Waals surface area contributed by atoms with Gasteiger partial charge in [0.25, 0.3) is 5.91 Å². The molecule has 1 amide bonds. The van der Waals surface area contributed by atoms with Gasteiger partial charge >= 0.3 is 0 Å². The summed E-state index contributed by atoms with van der Waals surface area (Å²) in [6.45, 7) is 0.586. The summed E-state index contributed by atoms with van der Waals surface area (Å²) in [5, 5.41) is 9.55. The Bertz CT molecular complexity index is 1200. The Labute approximate surface area is 185 Å². The first-order chi connectivity index (χ1) is 15.1. The molecule has 4 rings (SSSR count). The SMILES string of the molecule is Nc1ccc(C(=O)N/N=C/c2cn(Cc3ccc(Cl)cc3)nc2-c2ccccc2)cc1. The van der Waals surface area contributed by atoms with Crippen molar-refractivity contribution in [3.8, 4) is 11.3 Å². The molecule has 3 N–H and O–H groups in total. The monoisotopic (exact) mass is 429 g/mol. The Morgan fingerprint density at radius 2 is 1.74 bits per heavy atom. The van der Waals surface area contributed by atoms with Gasteiger partial charge in [-0.05, 0) is 42.0 Å². The highest BCUT2D eigenvalue weighted by molar-refractivity contribution is 6.30. The Morgan fingerprint density at radius 3 is 2.45 bits per heavy atom. The van der Waals surface area contributed by atoms with Gasteiger partial charge in [-0.15, -0.1) is 0 Å². The van der Waals surface area contributed by atoms with Crippen LogP contribution in [0.15, 0.2) is 90.2 Å². The third-order valence-electron chi connectivity index (χ3n) is 4.64. The van der Waals surface area contributed by atoms with Crippen molar-refractivity contribution in [3.05, 3.63) is 107 Å². The van der Waals surface area contributed by atoms with Crippen LogP contribution in [-0.4, -0.2) is 21.9 Å². The molecule has 0 aliphatic rings. The Hall–Kier alpha value is -3.90. The molecule has 0 bridgehead atoms. The first-order valence-corrected chi connectivity index (χ1v) is 10.0. The van der Waals surface area contributed by atoms with E-state index in [1.165, 1.54) is 0 Å². The number of carbonyl (C=O) groups excluding carboxylic acids is 1. The number of anilines is 1. The number of amides is 1. The molecule has 0 atom stereocenters. The maximum atomic E-state index is 12.3. The fraction of sp³-hybridized carbons (Fsp3) is 0.0417. The molecule has 6 nitrogen and oxygen atoms in total. The molecule has 154 valence electrons. The molecule has 7 heteroatoms. The molecule has 4 aromatic rings. The van der Waals surface area contributed by atoms with Gasteiger partial charge in [-0.3, -0.25) is 9.48 Å². The molecule has 31 heavy (non-hydrogen) atoms. The lowest BCUT2D eigenvalue weighted by molar-refractivity contribution is 0.0955. The van der Waals surface area contributed by atoms with Gasteiger partial charge in [0.2, 0.25) is 0 Å². The average molecular weight is 430 g/mol. The van der Waals surface area contributed by atoms with Crippen molar-refractivity contribution in [1.82, 2.24) is 15.2 Å². The minimum atomic E-state index is -0.314. The number of halogens is 1. The fourth-order valence-electron chi connectivity index (χ4n) is 3.07. The number of hydrazone groups is 1. The molecule has 0 spiro atoms. The number of hydrogen-bond acceptors (Lipinski definition) is 4. The zero-order chi connectivity index (χ0) is 21.6. The number of nitrogen functional groups attached to an aromatic ring is 1. The van der Waals surface area contributed by atoms with Gasteiger partial charge in [0.05, 0.1) is 12.8 Å². The lowest BCUT2D eigenvalue weighted by Crippen LogP contribution is -2.17. The molecule has 0 aliphatic carbocycles. The summed E-state index contributed by atoms with van der Waals surface area (Å²) < 4.78 is 1.84. The van der Waals surface area contributed by atoms with Crippen molar-refractivity contribution < 1.29 is 4.79 Å². The van der Waals surface area contributed by atoms with Crippen LogP contribution in [0.3, 0.4) is 0 Å². The highest BCUT2D eigenvalue weighted by atomic mass is 35.5. The molecule has 0 saturated heterocycles. The first kappa shape index (κ1) is 20.4. The normalized spacial score (nSPS) is 11.0. The quantitative estimate of drug-likeness (QED) is 0.267. The lowest BCUT2D eigenvalue weighted by Gasteiger charge is -2.02. The van der Waals surface area contributed by atoms with E-state index < -0.39 is 0 Å². The molecule has 1 aromatic heterocycles. The van der Waals surface area contributed by atoms with Crippen molar-refractivity contribution in [2.24, 2.45) is 5.10 Å². The van der Waals surface area contributed by atoms with Crippen molar-refractivity contribution in [1.29, 1.82) is 0 Å². The van der Waals surface area contributed by atoms with Crippen LogP contribution >= 0.6 is 11.6 Å². The summed E-state index contributed by atoms with van der Waals surface area (Å²) in [5.41, 5.74) is 12.9. The zero-order valence-corrected chi connectivity index (χ0v) is 17.3. The summed E-state index contributed by atoms with van der Waals surface area (Å²) >= 11 is 5.98. The maximum Gasteiger partial charge on any atom is 0.271 e. The number of carbonyl (C=O) groups is 1. The minimum absolute atomic E-state index is 0.314. The van der Waals surface area contributed by atoms with Crippen LogP contribution in [0.5, 0.6) is 0 Å². The third-order valence-corrected chi connectivity index (χ3v) is 4.89. The number of nitrogens with two attached hydrogens (primary N) is 1. The predicted molar refractivity (Wildman–Crippen MR) is 124 cm³/mol. The summed E-state index contributed by atoms with van der Waals surface area (Å²) in [4.78, 5) is 12.3. The second-order valence-electron chi connectivity index (χ2n) is 6.94. The van der Waals surface area contributed by atoms with E-state index in [4.69, 9.17) is 22.4 Å². The standard InChI is InChI=1S/C24H20ClN5O/c25-21-10-6-17(7-11-21)15-30-16-20(23(29-30)18-4-2-1-3-5-18)14-27-28-24(31)19-8-12-22(26)13-9-19/h1-14,16H,15,26H2,(H,28,31)/b27-14+. The lowest BCUT2D eigenvalue weighted by atomic mass is 10.1. The van der Waals surface area contributed by atoms with E-state index in [0.29, 0.717) is 22.8 Å². The van der Waals surface area contributed by atoms with Crippen molar-refractivity contribution in [2.45, 2.75) is 6.54 Å². The Morgan fingerprint density at radius 1 is 1.03 bits per heavy atom. The van der Waals surface area contributed by atoms with E-state index in [2.05, 4.69) is 10.5 Å². The Kier molecular flexibility index (Phi) is 6.10.